The van der Waals surface area contributed by atoms with E-state index < -0.39 is 0 Å². The van der Waals surface area contributed by atoms with Crippen LogP contribution in [0.25, 0.3) is 0 Å². The molecule has 0 saturated carbocycles. The van der Waals surface area contributed by atoms with Crippen LogP contribution in [0.2, 0.25) is 0 Å². The van der Waals surface area contributed by atoms with Gasteiger partial charge in [-0.25, -0.2) is 0 Å². The highest BCUT2D eigenvalue weighted by Crippen LogP contribution is 2.33. The number of benzene rings is 2. The Kier molecular flexibility index (Phi) is 4.17. The van der Waals surface area contributed by atoms with Crippen LogP contribution in [0.3, 0.4) is 0 Å². The van der Waals surface area contributed by atoms with Crippen LogP contribution in [0.15, 0.2) is 73.1 Å². The molecule has 4 heteroatoms. The lowest BCUT2D eigenvalue weighted by atomic mass is 10.1. The molecule has 1 atom stereocenters. The average Bonchev–Trinajstić information content (AvgIpc) is 3.03. The van der Waals surface area contributed by atoms with E-state index in [1.54, 1.807) is 12.4 Å². The fraction of sp³-hybridized carbons (Fsp3) is 0.182. The van der Waals surface area contributed by atoms with E-state index in [0.29, 0.717) is 5.56 Å². The van der Waals surface area contributed by atoms with Crippen LogP contribution in [0.1, 0.15) is 22.8 Å². The summed E-state index contributed by atoms with van der Waals surface area (Å²) in [5.41, 5.74) is 4.78. The number of amides is 1. The van der Waals surface area contributed by atoms with Crippen molar-refractivity contribution in [2.24, 2.45) is 0 Å². The van der Waals surface area contributed by atoms with Crippen molar-refractivity contribution in [3.8, 4) is 0 Å². The molecule has 1 amide bonds. The second-order valence-corrected chi connectivity index (χ2v) is 6.68. The van der Waals surface area contributed by atoms with Crippen molar-refractivity contribution in [3.05, 3.63) is 84.2 Å². The van der Waals surface area contributed by atoms with Crippen LogP contribution in [0, 0.1) is 0 Å². The number of aromatic nitrogens is 1. The van der Waals surface area contributed by atoms with Crippen molar-refractivity contribution in [2.75, 3.05) is 16.8 Å². The van der Waals surface area contributed by atoms with E-state index in [0.717, 1.165) is 23.5 Å². The highest BCUT2D eigenvalue weighted by molar-refractivity contribution is 6.08. The first kappa shape index (κ1) is 16.3. The van der Waals surface area contributed by atoms with Crippen molar-refractivity contribution in [1.82, 2.24) is 4.98 Å². The summed E-state index contributed by atoms with van der Waals surface area (Å²) < 4.78 is 0. The molecular weight excluding hydrogens is 322 g/mol. The Hall–Kier alpha value is -3.14. The Morgan fingerprint density at radius 1 is 1.04 bits per heavy atom. The molecule has 4 nitrogen and oxygen atoms in total. The first-order chi connectivity index (χ1) is 12.6. The summed E-state index contributed by atoms with van der Waals surface area (Å²) in [5, 5.41) is 0. The first-order valence-corrected chi connectivity index (χ1v) is 8.80. The molecule has 1 aliphatic rings. The molecule has 4 rings (SSSR count). The third-order valence-electron chi connectivity index (χ3n) is 4.93. The Labute approximate surface area is 153 Å². The number of hydrogen-bond donors (Lipinski definition) is 0. The van der Waals surface area contributed by atoms with Gasteiger partial charge >= 0.3 is 0 Å². The SMILES string of the molecule is CC1Cc2ccccc2N1C(=O)c1cncc(N(C)c2ccccc2)c1. The van der Waals surface area contributed by atoms with Gasteiger partial charge in [0.1, 0.15) is 0 Å². The van der Waals surface area contributed by atoms with Gasteiger partial charge in [0.15, 0.2) is 0 Å². The van der Waals surface area contributed by atoms with Gasteiger partial charge in [-0.2, -0.15) is 0 Å². The molecule has 0 radical (unpaired) electrons. The number of rotatable bonds is 3. The van der Waals surface area contributed by atoms with E-state index in [4.69, 9.17) is 0 Å². The van der Waals surface area contributed by atoms with E-state index in [1.165, 1.54) is 5.56 Å². The number of anilines is 3. The van der Waals surface area contributed by atoms with E-state index in [-0.39, 0.29) is 11.9 Å². The quantitative estimate of drug-likeness (QED) is 0.705. The van der Waals surface area contributed by atoms with Gasteiger partial charge in [0, 0.05) is 30.7 Å². The van der Waals surface area contributed by atoms with Gasteiger partial charge < -0.3 is 9.80 Å². The maximum Gasteiger partial charge on any atom is 0.260 e. The smallest absolute Gasteiger partial charge is 0.260 e. The fourth-order valence-corrected chi connectivity index (χ4v) is 3.54. The predicted molar refractivity (Wildman–Crippen MR) is 105 cm³/mol. The van der Waals surface area contributed by atoms with Gasteiger partial charge in [0.2, 0.25) is 0 Å². The lowest BCUT2D eigenvalue weighted by Crippen LogP contribution is -2.35. The van der Waals surface area contributed by atoms with Crippen molar-refractivity contribution in [2.45, 2.75) is 19.4 Å². The normalized spacial score (nSPS) is 15.6. The Bertz CT molecular complexity index is 939. The predicted octanol–water partition coefficient (Wildman–Crippen LogP) is 4.44. The van der Waals surface area contributed by atoms with Crippen molar-refractivity contribution >= 4 is 23.0 Å². The summed E-state index contributed by atoms with van der Waals surface area (Å²) >= 11 is 0. The lowest BCUT2D eigenvalue weighted by molar-refractivity contribution is 0.0981. The second kappa shape index (κ2) is 6.64. The highest BCUT2D eigenvalue weighted by atomic mass is 16.2. The minimum absolute atomic E-state index is 0.00161. The van der Waals surface area contributed by atoms with E-state index in [1.807, 2.05) is 71.4 Å². The standard InChI is InChI=1S/C22H21N3O/c1-16-12-17-8-6-7-11-21(17)25(16)22(26)18-13-20(15-23-14-18)24(2)19-9-4-3-5-10-19/h3-11,13-16H,12H2,1-2H3. The monoisotopic (exact) mass is 343 g/mol. The minimum Gasteiger partial charge on any atom is -0.343 e. The van der Waals surface area contributed by atoms with E-state index in [9.17, 15) is 4.79 Å². The minimum atomic E-state index is -0.00161. The van der Waals surface area contributed by atoms with Crippen molar-refractivity contribution in [1.29, 1.82) is 0 Å². The molecule has 0 fully saturated rings. The molecule has 0 saturated heterocycles. The molecule has 130 valence electrons. The second-order valence-electron chi connectivity index (χ2n) is 6.68. The van der Waals surface area contributed by atoms with Gasteiger partial charge in [0.05, 0.1) is 17.4 Å². The fourth-order valence-electron chi connectivity index (χ4n) is 3.54. The first-order valence-electron chi connectivity index (χ1n) is 8.80. The zero-order valence-corrected chi connectivity index (χ0v) is 15.0. The van der Waals surface area contributed by atoms with Crippen LogP contribution in [-0.2, 0) is 6.42 Å². The largest absolute Gasteiger partial charge is 0.343 e. The van der Waals surface area contributed by atoms with Crippen LogP contribution in [-0.4, -0.2) is 24.0 Å². The molecular formula is C22H21N3O. The number of para-hydroxylation sites is 2. The zero-order valence-electron chi connectivity index (χ0n) is 15.0. The Morgan fingerprint density at radius 3 is 2.58 bits per heavy atom. The number of carbonyl (C=O) groups is 1. The van der Waals surface area contributed by atoms with Gasteiger partial charge in [-0.1, -0.05) is 36.4 Å². The van der Waals surface area contributed by atoms with Crippen LogP contribution in [0.4, 0.5) is 17.1 Å². The molecule has 0 aliphatic carbocycles. The van der Waals surface area contributed by atoms with Crippen LogP contribution < -0.4 is 9.80 Å². The third kappa shape index (κ3) is 2.84. The number of hydrogen-bond acceptors (Lipinski definition) is 3. The highest BCUT2D eigenvalue weighted by Gasteiger charge is 2.31. The molecule has 1 unspecified atom stereocenters. The zero-order chi connectivity index (χ0) is 18.1. The molecule has 26 heavy (non-hydrogen) atoms. The lowest BCUT2D eigenvalue weighted by Gasteiger charge is -2.24. The summed E-state index contributed by atoms with van der Waals surface area (Å²) in [5.74, 6) is -0.00161. The number of pyridine rings is 1. The molecule has 1 aliphatic heterocycles. The number of nitrogens with zero attached hydrogens (tertiary/aromatic N) is 3. The van der Waals surface area contributed by atoms with Crippen molar-refractivity contribution in [3.63, 3.8) is 0 Å². The maximum atomic E-state index is 13.2. The Balaban J connectivity index is 1.66. The van der Waals surface area contributed by atoms with Crippen molar-refractivity contribution < 1.29 is 4.79 Å². The van der Waals surface area contributed by atoms with Gasteiger partial charge in [-0.15, -0.1) is 0 Å². The van der Waals surface area contributed by atoms with Crippen LogP contribution >= 0.6 is 0 Å². The van der Waals surface area contributed by atoms with E-state index >= 15 is 0 Å². The molecule has 2 heterocycles. The van der Waals surface area contributed by atoms with Gasteiger partial charge in [-0.05, 0) is 43.2 Å². The topological polar surface area (TPSA) is 36.4 Å². The maximum absolute atomic E-state index is 13.2. The summed E-state index contributed by atoms with van der Waals surface area (Å²) in [7, 11) is 1.98. The number of carbonyl (C=O) groups excluding carboxylic acids is 1. The average molecular weight is 343 g/mol. The number of fused-ring (bicyclic) bond motifs is 1. The van der Waals surface area contributed by atoms with Gasteiger partial charge in [-0.3, -0.25) is 9.78 Å². The summed E-state index contributed by atoms with van der Waals surface area (Å²) in [6.07, 6.45) is 4.32. The molecule has 3 aromatic rings. The summed E-state index contributed by atoms with van der Waals surface area (Å²) in [4.78, 5) is 21.4. The summed E-state index contributed by atoms with van der Waals surface area (Å²) in [6.45, 7) is 2.09. The molecule has 0 bridgehead atoms. The third-order valence-corrected chi connectivity index (χ3v) is 4.93. The van der Waals surface area contributed by atoms with E-state index in [2.05, 4.69) is 18.0 Å². The summed E-state index contributed by atoms with van der Waals surface area (Å²) in [6, 6.07) is 20.2. The molecule has 0 spiro atoms. The molecule has 0 N–H and O–H groups in total. The molecule has 1 aromatic heterocycles. The van der Waals surface area contributed by atoms with Crippen LogP contribution in [0.5, 0.6) is 0 Å². The Morgan fingerprint density at radius 2 is 1.77 bits per heavy atom. The molecule has 2 aromatic carbocycles. The van der Waals surface area contributed by atoms with Gasteiger partial charge in [0.25, 0.3) is 5.91 Å².